The molecule has 1 fully saturated rings. The minimum atomic E-state index is -0.516. The largest absolute Gasteiger partial charge is 0.389 e. The van der Waals surface area contributed by atoms with E-state index in [1.807, 2.05) is 11.8 Å². The van der Waals surface area contributed by atoms with E-state index in [2.05, 4.69) is 32.5 Å². The quantitative estimate of drug-likeness (QED) is 0.885. The Balaban J connectivity index is 1.51. The van der Waals surface area contributed by atoms with Gasteiger partial charge >= 0.3 is 0 Å². The highest BCUT2D eigenvalue weighted by Crippen LogP contribution is 2.27. The zero-order valence-electron chi connectivity index (χ0n) is 11.2. The molecule has 108 valence electrons. The Kier molecular flexibility index (Phi) is 4.78. The topological polar surface area (TPSA) is 45.1 Å². The number of thiophene rings is 1. The molecule has 3 rings (SSSR count). The van der Waals surface area contributed by atoms with E-state index in [0.717, 1.165) is 41.6 Å². The van der Waals surface area contributed by atoms with Crippen LogP contribution in [0.25, 0.3) is 10.6 Å². The van der Waals surface area contributed by atoms with Crippen LogP contribution in [0.15, 0.2) is 22.2 Å². The second kappa shape index (κ2) is 6.58. The molecule has 0 amide bonds. The molecule has 0 aliphatic carbocycles. The maximum Gasteiger partial charge on any atom is 0.124 e. The highest BCUT2D eigenvalue weighted by atomic mass is 32.2. The van der Waals surface area contributed by atoms with Gasteiger partial charge in [-0.2, -0.15) is 23.1 Å². The Hall–Kier alpha value is -0.400. The minimum absolute atomic E-state index is 0.516. The van der Waals surface area contributed by atoms with Crippen molar-refractivity contribution in [1.29, 1.82) is 0 Å². The smallest absolute Gasteiger partial charge is 0.124 e. The molecule has 0 radical (unpaired) electrons. The number of rotatable bonds is 5. The van der Waals surface area contributed by atoms with Crippen LogP contribution in [-0.4, -0.2) is 33.7 Å². The third kappa shape index (κ3) is 3.62. The number of aromatic nitrogens is 1. The zero-order chi connectivity index (χ0) is 13.8. The Bertz CT molecular complexity index is 532. The predicted molar refractivity (Wildman–Crippen MR) is 88.6 cm³/mol. The second-order valence-electron chi connectivity index (χ2n) is 5.10. The lowest BCUT2D eigenvalue weighted by Crippen LogP contribution is -2.43. The number of thiazole rings is 1. The number of nitrogens with one attached hydrogen (secondary N) is 1. The molecule has 0 atom stereocenters. The molecule has 6 heteroatoms. The van der Waals surface area contributed by atoms with Gasteiger partial charge in [0.15, 0.2) is 0 Å². The first-order valence-electron chi connectivity index (χ1n) is 6.73. The fourth-order valence-electron chi connectivity index (χ4n) is 2.26. The molecule has 0 saturated carbocycles. The van der Waals surface area contributed by atoms with Gasteiger partial charge in [0.25, 0.3) is 0 Å². The summed E-state index contributed by atoms with van der Waals surface area (Å²) >= 11 is 5.31. The highest BCUT2D eigenvalue weighted by Gasteiger charge is 2.28. The van der Waals surface area contributed by atoms with Crippen molar-refractivity contribution in [2.45, 2.75) is 25.0 Å². The van der Waals surface area contributed by atoms with Crippen LogP contribution in [0.1, 0.15) is 18.5 Å². The van der Waals surface area contributed by atoms with Crippen molar-refractivity contribution in [2.24, 2.45) is 0 Å². The third-order valence-corrected chi connectivity index (χ3v) is 6.11. The van der Waals surface area contributed by atoms with Gasteiger partial charge in [-0.25, -0.2) is 4.98 Å². The van der Waals surface area contributed by atoms with E-state index in [-0.39, 0.29) is 0 Å². The molecule has 1 saturated heterocycles. The SMILES string of the molecule is OC1(CNCc2csc(-c3ccsc3)n2)CCSCC1. The fourth-order valence-corrected chi connectivity index (χ4v) is 5.04. The average Bonchev–Trinajstić information content (AvgIpc) is 3.09. The molecule has 0 spiro atoms. The van der Waals surface area contributed by atoms with Gasteiger partial charge in [-0.15, -0.1) is 11.3 Å². The number of thioether (sulfide) groups is 1. The maximum absolute atomic E-state index is 10.4. The first-order chi connectivity index (χ1) is 9.75. The molecule has 0 bridgehead atoms. The van der Waals surface area contributed by atoms with Gasteiger partial charge in [0, 0.05) is 29.4 Å². The van der Waals surface area contributed by atoms with Crippen molar-refractivity contribution in [3.05, 3.63) is 27.9 Å². The molecular formula is C14H18N2OS3. The zero-order valence-corrected chi connectivity index (χ0v) is 13.6. The van der Waals surface area contributed by atoms with E-state index in [9.17, 15) is 5.11 Å². The molecule has 2 aromatic heterocycles. The van der Waals surface area contributed by atoms with E-state index in [4.69, 9.17) is 0 Å². The average molecular weight is 327 g/mol. The number of hydrogen-bond donors (Lipinski definition) is 2. The van der Waals surface area contributed by atoms with Gasteiger partial charge in [-0.1, -0.05) is 0 Å². The minimum Gasteiger partial charge on any atom is -0.389 e. The van der Waals surface area contributed by atoms with Crippen molar-refractivity contribution in [3.63, 3.8) is 0 Å². The van der Waals surface area contributed by atoms with E-state index in [0.29, 0.717) is 6.54 Å². The van der Waals surface area contributed by atoms with Crippen molar-refractivity contribution >= 4 is 34.4 Å². The van der Waals surface area contributed by atoms with Crippen LogP contribution in [0.3, 0.4) is 0 Å². The molecule has 1 aliphatic rings. The molecule has 0 unspecified atom stereocenters. The van der Waals surface area contributed by atoms with Crippen molar-refractivity contribution in [1.82, 2.24) is 10.3 Å². The summed E-state index contributed by atoms with van der Waals surface area (Å²) in [5, 5.41) is 21.1. The standard InChI is InChI=1S/C14H18N2OS3/c17-14(2-5-18-6-3-14)10-15-7-12-9-20-13(16-12)11-1-4-19-8-11/h1,4,8-9,15,17H,2-3,5-7,10H2. The Morgan fingerprint density at radius 1 is 1.30 bits per heavy atom. The molecule has 1 aliphatic heterocycles. The van der Waals surface area contributed by atoms with Gasteiger partial charge in [0.1, 0.15) is 5.01 Å². The molecule has 2 aromatic rings. The van der Waals surface area contributed by atoms with Gasteiger partial charge < -0.3 is 10.4 Å². The van der Waals surface area contributed by atoms with E-state index in [1.54, 1.807) is 22.7 Å². The first-order valence-corrected chi connectivity index (χ1v) is 9.71. The summed E-state index contributed by atoms with van der Waals surface area (Å²) in [6, 6.07) is 2.10. The predicted octanol–water partition coefficient (Wildman–Crippen LogP) is 3.22. The van der Waals surface area contributed by atoms with E-state index >= 15 is 0 Å². The van der Waals surface area contributed by atoms with Gasteiger partial charge in [-0.05, 0) is 35.8 Å². The van der Waals surface area contributed by atoms with Crippen LogP contribution >= 0.6 is 34.4 Å². The van der Waals surface area contributed by atoms with E-state index < -0.39 is 5.60 Å². The number of hydrogen-bond acceptors (Lipinski definition) is 6. The summed E-state index contributed by atoms with van der Waals surface area (Å²) in [6.45, 7) is 1.40. The highest BCUT2D eigenvalue weighted by molar-refractivity contribution is 7.99. The summed E-state index contributed by atoms with van der Waals surface area (Å²) in [5.74, 6) is 2.13. The van der Waals surface area contributed by atoms with Crippen LogP contribution in [0, 0.1) is 0 Å². The van der Waals surface area contributed by atoms with Crippen molar-refractivity contribution in [2.75, 3.05) is 18.1 Å². The summed E-state index contributed by atoms with van der Waals surface area (Å²) < 4.78 is 0. The molecular weight excluding hydrogens is 308 g/mol. The Labute approximate surface area is 131 Å². The summed E-state index contributed by atoms with van der Waals surface area (Å²) in [6.07, 6.45) is 1.78. The van der Waals surface area contributed by atoms with Crippen molar-refractivity contribution in [3.8, 4) is 10.6 Å². The first kappa shape index (κ1) is 14.5. The molecule has 0 aromatic carbocycles. The molecule has 20 heavy (non-hydrogen) atoms. The maximum atomic E-state index is 10.4. The van der Waals surface area contributed by atoms with Crippen LogP contribution in [0.4, 0.5) is 0 Å². The molecule has 3 heterocycles. The van der Waals surface area contributed by atoms with Crippen molar-refractivity contribution < 1.29 is 5.11 Å². The van der Waals surface area contributed by atoms with Gasteiger partial charge in [0.05, 0.1) is 11.3 Å². The van der Waals surface area contributed by atoms with Gasteiger partial charge in [0.2, 0.25) is 0 Å². The summed E-state index contributed by atoms with van der Waals surface area (Å²) in [4.78, 5) is 4.64. The van der Waals surface area contributed by atoms with Gasteiger partial charge in [-0.3, -0.25) is 0 Å². The van der Waals surface area contributed by atoms with E-state index in [1.165, 1.54) is 5.56 Å². The number of nitrogens with zero attached hydrogens (tertiary/aromatic N) is 1. The summed E-state index contributed by atoms with van der Waals surface area (Å²) in [5.41, 5.74) is 1.75. The monoisotopic (exact) mass is 326 g/mol. The third-order valence-electron chi connectivity index (χ3n) is 3.50. The molecule has 2 N–H and O–H groups in total. The summed E-state index contributed by atoms with van der Waals surface area (Å²) in [7, 11) is 0. The Morgan fingerprint density at radius 3 is 2.90 bits per heavy atom. The fraction of sp³-hybridized carbons (Fsp3) is 0.500. The second-order valence-corrected chi connectivity index (χ2v) is 7.96. The Morgan fingerprint density at radius 2 is 2.15 bits per heavy atom. The molecule has 3 nitrogen and oxygen atoms in total. The van der Waals surface area contributed by atoms with Crippen LogP contribution in [0.2, 0.25) is 0 Å². The lowest BCUT2D eigenvalue weighted by Gasteiger charge is -2.31. The van der Waals surface area contributed by atoms with Crippen LogP contribution < -0.4 is 5.32 Å². The lowest BCUT2D eigenvalue weighted by atomic mass is 9.97. The van der Waals surface area contributed by atoms with Crippen LogP contribution in [-0.2, 0) is 6.54 Å². The normalized spacial score (nSPS) is 18.2. The lowest BCUT2D eigenvalue weighted by molar-refractivity contribution is 0.0319. The number of aliphatic hydroxyl groups is 1. The van der Waals surface area contributed by atoms with Crippen LogP contribution in [0.5, 0.6) is 0 Å².